The van der Waals surface area contributed by atoms with Crippen LogP contribution < -0.4 is 10.5 Å². The first-order valence-corrected chi connectivity index (χ1v) is 8.59. The van der Waals surface area contributed by atoms with Crippen LogP contribution in [0.1, 0.15) is 21.7 Å². The topological polar surface area (TPSA) is 86.6 Å². The first kappa shape index (κ1) is 16.3. The lowest BCUT2D eigenvalue weighted by Gasteiger charge is -2.35. The van der Waals surface area contributed by atoms with Crippen LogP contribution in [0.4, 0.5) is 5.69 Å². The zero-order valence-electron chi connectivity index (χ0n) is 14.8. The molecule has 4 rings (SSSR count). The molecule has 8 nitrogen and oxygen atoms in total. The molecule has 8 heteroatoms. The third kappa shape index (κ3) is 2.83. The van der Waals surface area contributed by atoms with Crippen molar-refractivity contribution in [3.8, 4) is 0 Å². The van der Waals surface area contributed by atoms with Gasteiger partial charge in [-0.25, -0.2) is 4.52 Å². The van der Waals surface area contributed by atoms with Crippen LogP contribution in [-0.4, -0.2) is 56.8 Å². The van der Waals surface area contributed by atoms with E-state index in [1.165, 1.54) is 10.1 Å². The van der Waals surface area contributed by atoms with Crippen molar-refractivity contribution in [3.05, 3.63) is 57.8 Å². The molecule has 3 heterocycles. The molecule has 0 saturated carbocycles. The normalized spacial score (nSPS) is 14.8. The van der Waals surface area contributed by atoms with Crippen molar-refractivity contribution < 1.29 is 4.79 Å². The summed E-state index contributed by atoms with van der Waals surface area (Å²) in [7, 11) is 0. The quantitative estimate of drug-likeness (QED) is 0.743. The molecular formula is C18H20N6O2. The van der Waals surface area contributed by atoms with Crippen LogP contribution in [0.3, 0.4) is 0 Å². The van der Waals surface area contributed by atoms with E-state index in [0.717, 1.165) is 18.8 Å². The molecular weight excluding hydrogens is 332 g/mol. The summed E-state index contributed by atoms with van der Waals surface area (Å²) in [5.41, 5.74) is 3.00. The molecule has 0 atom stereocenters. The third-order valence-electron chi connectivity index (χ3n) is 4.70. The molecule has 0 unspecified atom stereocenters. The summed E-state index contributed by atoms with van der Waals surface area (Å²) in [5.74, 6) is -0.252. The van der Waals surface area contributed by atoms with Gasteiger partial charge in [0, 0.05) is 37.6 Å². The number of H-pyrrole nitrogens is 1. The molecule has 26 heavy (non-hydrogen) atoms. The average Bonchev–Trinajstić information content (AvgIpc) is 3.06. The number of benzene rings is 1. The number of fused-ring (bicyclic) bond motifs is 1. The number of aryl methyl sites for hydroxylation is 2. The molecule has 1 amide bonds. The van der Waals surface area contributed by atoms with Gasteiger partial charge in [0.25, 0.3) is 11.5 Å². The first-order valence-electron chi connectivity index (χ1n) is 8.59. The Kier molecular flexibility index (Phi) is 3.95. The van der Waals surface area contributed by atoms with E-state index in [1.54, 1.807) is 18.0 Å². The van der Waals surface area contributed by atoms with Crippen LogP contribution in [0.25, 0.3) is 5.52 Å². The Hall–Kier alpha value is -3.16. The molecule has 1 aliphatic rings. The van der Waals surface area contributed by atoms with Crippen LogP contribution in [0, 0.1) is 13.8 Å². The Morgan fingerprint density at radius 1 is 1.08 bits per heavy atom. The van der Waals surface area contributed by atoms with Crippen molar-refractivity contribution in [1.82, 2.24) is 24.7 Å². The lowest BCUT2D eigenvalue weighted by Crippen LogP contribution is -2.49. The van der Waals surface area contributed by atoms with E-state index in [-0.39, 0.29) is 22.7 Å². The highest BCUT2D eigenvalue weighted by Gasteiger charge is 2.27. The predicted molar refractivity (Wildman–Crippen MR) is 97.6 cm³/mol. The van der Waals surface area contributed by atoms with Crippen LogP contribution >= 0.6 is 0 Å². The van der Waals surface area contributed by atoms with Gasteiger partial charge in [0.05, 0.1) is 6.20 Å². The van der Waals surface area contributed by atoms with Gasteiger partial charge >= 0.3 is 0 Å². The molecule has 0 radical (unpaired) electrons. The molecule has 1 fully saturated rings. The van der Waals surface area contributed by atoms with Crippen molar-refractivity contribution in [2.75, 3.05) is 31.1 Å². The van der Waals surface area contributed by atoms with Crippen molar-refractivity contribution in [1.29, 1.82) is 0 Å². The zero-order valence-corrected chi connectivity index (χ0v) is 14.8. The number of piperazine rings is 1. The molecule has 134 valence electrons. The van der Waals surface area contributed by atoms with Gasteiger partial charge in [-0.05, 0) is 26.0 Å². The van der Waals surface area contributed by atoms with Gasteiger partial charge in [-0.1, -0.05) is 22.9 Å². The molecule has 3 aromatic rings. The fourth-order valence-corrected chi connectivity index (χ4v) is 3.27. The summed E-state index contributed by atoms with van der Waals surface area (Å²) in [6.07, 6.45) is 1.65. The second-order valence-corrected chi connectivity index (χ2v) is 6.61. The standard InChI is InChI=1S/C18H20N6O2/c1-12-3-5-14(6-4-12)22-7-9-23(10-8-22)18(26)15-16-17(25)19-13(2)11-24(16)21-20-15/h3-6,11H,7-10H2,1-2H3,(H,19,25). The number of hydrogen-bond donors (Lipinski definition) is 1. The van der Waals surface area contributed by atoms with Gasteiger partial charge in [0.1, 0.15) is 0 Å². The van der Waals surface area contributed by atoms with Gasteiger partial charge in [-0.3, -0.25) is 9.59 Å². The largest absolute Gasteiger partial charge is 0.368 e. The smallest absolute Gasteiger partial charge is 0.277 e. The van der Waals surface area contributed by atoms with Gasteiger partial charge in [0.2, 0.25) is 0 Å². The zero-order chi connectivity index (χ0) is 18.3. The third-order valence-corrected chi connectivity index (χ3v) is 4.70. The minimum absolute atomic E-state index is 0.107. The summed E-state index contributed by atoms with van der Waals surface area (Å²) in [6, 6.07) is 8.37. The van der Waals surface area contributed by atoms with E-state index < -0.39 is 0 Å². The van der Waals surface area contributed by atoms with Gasteiger partial charge in [-0.15, -0.1) is 5.10 Å². The lowest BCUT2D eigenvalue weighted by molar-refractivity contribution is 0.0742. The number of anilines is 1. The maximum atomic E-state index is 12.8. The van der Waals surface area contributed by atoms with Crippen molar-refractivity contribution in [2.24, 2.45) is 0 Å². The number of carbonyl (C=O) groups excluding carboxylic acids is 1. The minimum Gasteiger partial charge on any atom is -0.368 e. The predicted octanol–water partition coefficient (Wildman–Crippen LogP) is 0.997. The van der Waals surface area contributed by atoms with Crippen LogP contribution in [0.2, 0.25) is 0 Å². The Morgan fingerprint density at radius 3 is 2.46 bits per heavy atom. The Balaban J connectivity index is 1.52. The van der Waals surface area contributed by atoms with Crippen molar-refractivity contribution in [3.63, 3.8) is 0 Å². The number of rotatable bonds is 2. The second-order valence-electron chi connectivity index (χ2n) is 6.61. The van der Waals surface area contributed by atoms with E-state index in [9.17, 15) is 9.59 Å². The summed E-state index contributed by atoms with van der Waals surface area (Å²) in [4.78, 5) is 31.7. The number of amides is 1. The first-order chi connectivity index (χ1) is 12.5. The molecule has 1 aliphatic heterocycles. The summed E-state index contributed by atoms with van der Waals surface area (Å²) in [6.45, 7) is 6.46. The lowest BCUT2D eigenvalue weighted by atomic mass is 10.2. The van der Waals surface area contributed by atoms with Gasteiger partial charge < -0.3 is 14.8 Å². The van der Waals surface area contributed by atoms with Crippen LogP contribution in [0.5, 0.6) is 0 Å². The number of nitrogens with one attached hydrogen (secondary N) is 1. The summed E-state index contributed by atoms with van der Waals surface area (Å²) >= 11 is 0. The SMILES string of the molecule is Cc1ccc(N2CCN(C(=O)c3nnn4cc(C)[nH]c(=O)c34)CC2)cc1. The maximum absolute atomic E-state index is 12.8. The molecule has 0 aliphatic carbocycles. The maximum Gasteiger partial charge on any atom is 0.277 e. The van der Waals surface area contributed by atoms with E-state index in [4.69, 9.17) is 0 Å². The molecule has 0 spiro atoms. The number of nitrogens with zero attached hydrogens (tertiary/aromatic N) is 5. The Morgan fingerprint density at radius 2 is 1.77 bits per heavy atom. The summed E-state index contributed by atoms with van der Waals surface area (Å²) in [5, 5.41) is 7.86. The van der Waals surface area contributed by atoms with Crippen LogP contribution in [0.15, 0.2) is 35.3 Å². The Labute approximate surface area is 150 Å². The monoisotopic (exact) mass is 352 g/mol. The van der Waals surface area contributed by atoms with E-state index in [0.29, 0.717) is 18.8 Å². The highest BCUT2D eigenvalue weighted by Crippen LogP contribution is 2.18. The van der Waals surface area contributed by atoms with E-state index >= 15 is 0 Å². The van der Waals surface area contributed by atoms with E-state index in [2.05, 4.69) is 51.4 Å². The minimum atomic E-state index is -0.350. The molecule has 0 bridgehead atoms. The highest BCUT2D eigenvalue weighted by atomic mass is 16.2. The van der Waals surface area contributed by atoms with E-state index in [1.807, 2.05) is 0 Å². The Bertz CT molecular complexity index is 1010. The average molecular weight is 352 g/mol. The number of hydrogen-bond acceptors (Lipinski definition) is 5. The van der Waals surface area contributed by atoms with Gasteiger partial charge in [-0.2, -0.15) is 0 Å². The van der Waals surface area contributed by atoms with Crippen molar-refractivity contribution in [2.45, 2.75) is 13.8 Å². The second kappa shape index (κ2) is 6.29. The number of aromatic amines is 1. The molecule has 1 aromatic carbocycles. The van der Waals surface area contributed by atoms with Crippen molar-refractivity contribution >= 4 is 17.1 Å². The molecule has 1 saturated heterocycles. The number of aromatic nitrogens is 4. The fourth-order valence-electron chi connectivity index (χ4n) is 3.27. The fraction of sp³-hybridized carbons (Fsp3) is 0.333. The number of carbonyl (C=O) groups is 1. The van der Waals surface area contributed by atoms with Gasteiger partial charge in [0.15, 0.2) is 11.2 Å². The highest BCUT2D eigenvalue weighted by molar-refractivity contribution is 5.98. The summed E-state index contributed by atoms with van der Waals surface area (Å²) < 4.78 is 1.37. The molecule has 2 aromatic heterocycles. The van der Waals surface area contributed by atoms with Crippen LogP contribution in [-0.2, 0) is 0 Å². The molecule has 1 N–H and O–H groups in total.